The van der Waals surface area contributed by atoms with E-state index in [0.29, 0.717) is 20.9 Å². The van der Waals surface area contributed by atoms with Crippen LogP contribution in [0.1, 0.15) is 16.8 Å². The predicted octanol–water partition coefficient (Wildman–Crippen LogP) is 4.87. The molecule has 1 rings (SSSR count). The van der Waals surface area contributed by atoms with Crippen molar-refractivity contribution >= 4 is 56.1 Å². The predicted molar refractivity (Wildman–Crippen MR) is 73.8 cm³/mol. The molecule has 0 unspecified atom stereocenters. The molecule has 0 heterocycles. The molecular weight excluding hydrogens is 432 g/mol. The van der Waals surface area contributed by atoms with E-state index in [1.807, 2.05) is 0 Å². The molecule has 1 nitrogen and oxygen atoms in total. The van der Waals surface area contributed by atoms with Crippen molar-refractivity contribution in [2.24, 2.45) is 0 Å². The molecule has 0 aliphatic carbocycles. The van der Waals surface area contributed by atoms with E-state index in [1.54, 1.807) is 22.6 Å². The highest BCUT2D eigenvalue weighted by Gasteiger charge is 2.30. The van der Waals surface area contributed by atoms with Gasteiger partial charge in [0.1, 0.15) is 0 Å². The molecule has 0 N–H and O–H groups in total. The maximum atomic E-state index is 12.2. The molecule has 1 aromatic rings. The Morgan fingerprint density at radius 1 is 1.41 bits per heavy atom. The SMILES string of the molecule is O=C(CCBr)c1ccc(SC(F)(F)F)c(I)c1. The van der Waals surface area contributed by atoms with E-state index in [0.717, 1.165) is 0 Å². The number of Topliss-reactive ketones (excluding diaryl/α,β-unsaturated/α-hetero) is 1. The lowest BCUT2D eigenvalue weighted by Crippen LogP contribution is -2.03. The van der Waals surface area contributed by atoms with Gasteiger partial charge in [-0.05, 0) is 46.5 Å². The lowest BCUT2D eigenvalue weighted by Gasteiger charge is -2.08. The number of rotatable bonds is 4. The zero-order valence-electron chi connectivity index (χ0n) is 8.35. The Morgan fingerprint density at radius 2 is 2.06 bits per heavy atom. The van der Waals surface area contributed by atoms with E-state index in [-0.39, 0.29) is 22.4 Å². The highest BCUT2D eigenvalue weighted by molar-refractivity contribution is 14.1. The maximum Gasteiger partial charge on any atom is 0.446 e. The molecule has 0 bridgehead atoms. The van der Waals surface area contributed by atoms with Gasteiger partial charge in [-0.1, -0.05) is 22.0 Å². The van der Waals surface area contributed by atoms with Crippen LogP contribution >= 0.6 is 50.3 Å². The van der Waals surface area contributed by atoms with Gasteiger partial charge in [-0.3, -0.25) is 4.79 Å². The van der Waals surface area contributed by atoms with Crippen LogP contribution in [0.5, 0.6) is 0 Å². The first kappa shape index (κ1) is 15.3. The minimum absolute atomic E-state index is 0.0802. The van der Waals surface area contributed by atoms with Gasteiger partial charge in [0, 0.05) is 25.8 Å². The fourth-order valence-corrected chi connectivity index (χ4v) is 2.86. The van der Waals surface area contributed by atoms with Gasteiger partial charge in [-0.15, -0.1) is 0 Å². The van der Waals surface area contributed by atoms with E-state index in [4.69, 9.17) is 0 Å². The van der Waals surface area contributed by atoms with E-state index >= 15 is 0 Å². The molecule has 0 saturated carbocycles. The molecule has 0 fully saturated rings. The molecule has 0 saturated heterocycles. The molecule has 0 atom stereocenters. The van der Waals surface area contributed by atoms with Crippen LogP contribution in [0, 0.1) is 3.57 Å². The van der Waals surface area contributed by atoms with Gasteiger partial charge in [0.15, 0.2) is 5.78 Å². The first-order valence-electron chi connectivity index (χ1n) is 4.48. The second-order valence-electron chi connectivity index (χ2n) is 3.06. The Bertz CT molecular complexity index is 423. The normalized spacial score (nSPS) is 11.6. The van der Waals surface area contributed by atoms with E-state index < -0.39 is 5.51 Å². The summed E-state index contributed by atoms with van der Waals surface area (Å²) in [6.45, 7) is 0. The summed E-state index contributed by atoms with van der Waals surface area (Å²) in [5.74, 6) is -0.0802. The smallest absolute Gasteiger partial charge is 0.294 e. The Labute approximate surface area is 123 Å². The van der Waals surface area contributed by atoms with E-state index in [2.05, 4.69) is 15.9 Å². The van der Waals surface area contributed by atoms with Crippen molar-refractivity contribution in [1.82, 2.24) is 0 Å². The van der Waals surface area contributed by atoms with Crippen LogP contribution in [-0.4, -0.2) is 16.6 Å². The van der Waals surface area contributed by atoms with Crippen molar-refractivity contribution in [2.45, 2.75) is 16.8 Å². The number of hydrogen-bond donors (Lipinski definition) is 0. The van der Waals surface area contributed by atoms with Crippen molar-refractivity contribution in [1.29, 1.82) is 0 Å². The zero-order chi connectivity index (χ0) is 13.1. The quantitative estimate of drug-likeness (QED) is 0.288. The fraction of sp³-hybridized carbons (Fsp3) is 0.300. The van der Waals surface area contributed by atoms with Gasteiger partial charge < -0.3 is 0 Å². The summed E-state index contributed by atoms with van der Waals surface area (Å²) in [6.07, 6.45) is 0.335. The van der Waals surface area contributed by atoms with E-state index in [1.165, 1.54) is 18.2 Å². The molecule has 1 aromatic carbocycles. The second kappa shape index (κ2) is 6.42. The molecule has 17 heavy (non-hydrogen) atoms. The average Bonchev–Trinajstić information content (AvgIpc) is 2.19. The van der Waals surface area contributed by atoms with Gasteiger partial charge in [-0.25, -0.2) is 0 Å². The summed E-state index contributed by atoms with van der Waals surface area (Å²) >= 11 is 4.78. The maximum absolute atomic E-state index is 12.2. The first-order valence-corrected chi connectivity index (χ1v) is 7.49. The van der Waals surface area contributed by atoms with Crippen LogP contribution < -0.4 is 0 Å². The van der Waals surface area contributed by atoms with Crippen molar-refractivity contribution in [2.75, 3.05) is 5.33 Å². The van der Waals surface area contributed by atoms with Crippen LogP contribution in [-0.2, 0) is 0 Å². The number of ketones is 1. The highest BCUT2D eigenvalue weighted by Crippen LogP contribution is 2.39. The average molecular weight is 439 g/mol. The van der Waals surface area contributed by atoms with Crippen LogP contribution in [0.15, 0.2) is 23.1 Å². The number of carbonyl (C=O) groups is 1. The third kappa shape index (κ3) is 5.17. The Balaban J connectivity index is 2.90. The van der Waals surface area contributed by atoms with Gasteiger partial charge in [-0.2, -0.15) is 13.2 Å². The third-order valence-electron chi connectivity index (χ3n) is 1.80. The number of benzene rings is 1. The molecule has 0 aromatic heterocycles. The zero-order valence-corrected chi connectivity index (χ0v) is 12.9. The molecule has 0 radical (unpaired) electrons. The van der Waals surface area contributed by atoms with Gasteiger partial charge in [0.25, 0.3) is 0 Å². The first-order chi connectivity index (χ1) is 7.83. The number of carbonyl (C=O) groups excluding carboxylic acids is 1. The summed E-state index contributed by atoms with van der Waals surface area (Å²) in [5, 5.41) is 0.543. The van der Waals surface area contributed by atoms with Crippen molar-refractivity contribution in [3.63, 3.8) is 0 Å². The lowest BCUT2D eigenvalue weighted by molar-refractivity contribution is -0.0328. The monoisotopic (exact) mass is 438 g/mol. The molecule has 94 valence electrons. The van der Waals surface area contributed by atoms with E-state index in [9.17, 15) is 18.0 Å². The molecule has 7 heteroatoms. The number of halogens is 5. The molecule has 0 spiro atoms. The van der Waals surface area contributed by atoms with Crippen LogP contribution in [0.4, 0.5) is 13.2 Å². The molecular formula is C10H7BrF3IOS. The summed E-state index contributed by atoms with van der Waals surface area (Å²) in [6, 6.07) is 4.25. The largest absolute Gasteiger partial charge is 0.446 e. The van der Waals surface area contributed by atoms with Crippen LogP contribution in [0.25, 0.3) is 0 Å². The number of alkyl halides is 4. The van der Waals surface area contributed by atoms with Gasteiger partial charge >= 0.3 is 5.51 Å². The Morgan fingerprint density at radius 3 is 2.53 bits per heavy atom. The van der Waals surface area contributed by atoms with Crippen LogP contribution in [0.3, 0.4) is 0 Å². The number of thioether (sulfide) groups is 1. The van der Waals surface area contributed by atoms with Gasteiger partial charge in [0.05, 0.1) is 0 Å². The minimum atomic E-state index is -4.30. The second-order valence-corrected chi connectivity index (χ2v) is 6.12. The summed E-state index contributed by atoms with van der Waals surface area (Å²) in [4.78, 5) is 11.7. The fourth-order valence-electron chi connectivity index (χ4n) is 1.11. The van der Waals surface area contributed by atoms with Crippen molar-refractivity contribution in [3.8, 4) is 0 Å². The summed E-state index contributed by atoms with van der Waals surface area (Å²) in [7, 11) is 0. The highest BCUT2D eigenvalue weighted by atomic mass is 127. The standard InChI is InChI=1S/C10H7BrF3IOS/c11-4-3-8(16)6-1-2-9(7(15)5-6)17-10(12,13)14/h1-2,5H,3-4H2. The van der Waals surface area contributed by atoms with Crippen molar-refractivity contribution in [3.05, 3.63) is 27.3 Å². The topological polar surface area (TPSA) is 17.1 Å². The van der Waals surface area contributed by atoms with Crippen LogP contribution in [0.2, 0.25) is 0 Å². The molecule has 0 amide bonds. The minimum Gasteiger partial charge on any atom is -0.294 e. The van der Waals surface area contributed by atoms with Crippen molar-refractivity contribution < 1.29 is 18.0 Å². The molecule has 0 aliphatic rings. The summed E-state index contributed by atoms with van der Waals surface area (Å²) < 4.78 is 37.0. The molecule has 0 aliphatic heterocycles. The Kier molecular flexibility index (Phi) is 5.78. The third-order valence-corrected chi connectivity index (χ3v) is 4.26. The lowest BCUT2D eigenvalue weighted by atomic mass is 10.1. The summed E-state index contributed by atoms with van der Waals surface area (Å²) in [5.41, 5.74) is -3.86. The number of hydrogen-bond acceptors (Lipinski definition) is 2. The van der Waals surface area contributed by atoms with Gasteiger partial charge in [0.2, 0.25) is 0 Å². The Hall–Kier alpha value is 0.240.